The predicted molar refractivity (Wildman–Crippen MR) is 73.2 cm³/mol. The second-order valence-electron chi connectivity index (χ2n) is 5.95. The van der Waals surface area contributed by atoms with Crippen LogP contribution in [0.5, 0.6) is 0 Å². The molecule has 1 unspecified atom stereocenters. The molecule has 0 bridgehead atoms. The monoisotopic (exact) mass is 281 g/mol. The Balaban J connectivity index is 1.74. The number of aliphatic hydroxyl groups excluding tert-OH is 1. The van der Waals surface area contributed by atoms with Crippen molar-refractivity contribution in [3.63, 3.8) is 0 Å². The molecule has 0 saturated carbocycles. The maximum atomic E-state index is 9.56. The smallest absolute Gasteiger partial charge is 0.243 e. The first-order valence-corrected chi connectivity index (χ1v) is 7.27. The highest BCUT2D eigenvalue weighted by Gasteiger charge is 2.31. The molecule has 3 rings (SSSR count). The Kier molecular flexibility index (Phi) is 4.02. The standard InChI is InChI=1S/C13H23N5O2/c1-17-4-3-5-18(2)11(8-17)12-15-13(20-16-12)10-6-9(19)7-14-10/h9-11,14,19H,3-8H2,1-2H3/t9-,10-,11?/m1/s1. The summed E-state index contributed by atoms with van der Waals surface area (Å²) in [6, 6.07) is 0.159. The van der Waals surface area contributed by atoms with E-state index in [2.05, 4.69) is 39.4 Å². The van der Waals surface area contributed by atoms with Gasteiger partial charge >= 0.3 is 0 Å². The lowest BCUT2D eigenvalue weighted by Gasteiger charge is -2.24. The molecule has 3 heterocycles. The fraction of sp³-hybridized carbons (Fsp3) is 0.846. The minimum atomic E-state index is -0.318. The summed E-state index contributed by atoms with van der Waals surface area (Å²) in [7, 11) is 4.24. The van der Waals surface area contributed by atoms with E-state index in [-0.39, 0.29) is 18.2 Å². The van der Waals surface area contributed by atoms with Crippen LogP contribution in [0.15, 0.2) is 4.52 Å². The number of aromatic nitrogens is 2. The van der Waals surface area contributed by atoms with Gasteiger partial charge in [-0.25, -0.2) is 0 Å². The van der Waals surface area contributed by atoms with Crippen LogP contribution in [0, 0.1) is 0 Å². The topological polar surface area (TPSA) is 77.7 Å². The van der Waals surface area contributed by atoms with E-state index in [0.29, 0.717) is 18.9 Å². The number of hydrogen-bond donors (Lipinski definition) is 2. The van der Waals surface area contributed by atoms with Gasteiger partial charge in [-0.1, -0.05) is 5.16 Å². The van der Waals surface area contributed by atoms with E-state index in [1.54, 1.807) is 0 Å². The maximum absolute atomic E-state index is 9.56. The molecule has 0 radical (unpaired) electrons. The van der Waals surface area contributed by atoms with E-state index in [0.717, 1.165) is 31.9 Å². The predicted octanol–water partition coefficient (Wildman–Crippen LogP) is -0.227. The molecule has 2 aliphatic rings. The van der Waals surface area contributed by atoms with Crippen molar-refractivity contribution in [2.75, 3.05) is 40.3 Å². The Labute approximate surface area is 118 Å². The number of rotatable bonds is 2. The first kappa shape index (κ1) is 13.9. The zero-order chi connectivity index (χ0) is 14.1. The first-order chi connectivity index (χ1) is 9.63. The van der Waals surface area contributed by atoms with Crippen LogP contribution in [-0.4, -0.2) is 71.4 Å². The van der Waals surface area contributed by atoms with Crippen LogP contribution in [0.25, 0.3) is 0 Å². The van der Waals surface area contributed by atoms with Gasteiger partial charge in [-0.15, -0.1) is 0 Å². The van der Waals surface area contributed by atoms with Crippen molar-refractivity contribution in [3.05, 3.63) is 11.7 Å². The lowest BCUT2D eigenvalue weighted by atomic mass is 10.2. The summed E-state index contributed by atoms with van der Waals surface area (Å²) in [6.07, 6.45) is 1.48. The fourth-order valence-electron chi connectivity index (χ4n) is 2.98. The van der Waals surface area contributed by atoms with Crippen molar-refractivity contribution < 1.29 is 9.63 Å². The Morgan fingerprint density at radius 2 is 2.20 bits per heavy atom. The SMILES string of the molecule is CN1CCCN(C)C(c2noc([C@H]3C[C@@H](O)CN3)n2)C1. The summed E-state index contributed by atoms with van der Waals surface area (Å²) in [5.74, 6) is 1.34. The molecule has 2 aliphatic heterocycles. The van der Waals surface area contributed by atoms with Crippen molar-refractivity contribution in [3.8, 4) is 0 Å². The molecule has 0 amide bonds. The normalized spacial score (nSPS) is 33.5. The van der Waals surface area contributed by atoms with Gasteiger partial charge < -0.3 is 19.8 Å². The highest BCUT2D eigenvalue weighted by Crippen LogP contribution is 2.25. The number of likely N-dealkylation sites (N-methyl/N-ethyl adjacent to an activating group) is 2. The zero-order valence-electron chi connectivity index (χ0n) is 12.1. The van der Waals surface area contributed by atoms with Crippen LogP contribution in [0.1, 0.15) is 36.6 Å². The van der Waals surface area contributed by atoms with Crippen molar-refractivity contribution in [2.24, 2.45) is 0 Å². The minimum Gasteiger partial charge on any atom is -0.392 e. The second-order valence-corrected chi connectivity index (χ2v) is 5.95. The van der Waals surface area contributed by atoms with Crippen LogP contribution in [-0.2, 0) is 0 Å². The van der Waals surface area contributed by atoms with E-state index in [1.807, 2.05) is 0 Å². The van der Waals surface area contributed by atoms with E-state index in [9.17, 15) is 5.11 Å². The molecule has 0 spiro atoms. The van der Waals surface area contributed by atoms with Crippen LogP contribution in [0.2, 0.25) is 0 Å². The molecule has 2 saturated heterocycles. The molecule has 112 valence electrons. The molecule has 3 atom stereocenters. The molecule has 7 nitrogen and oxygen atoms in total. The Bertz CT molecular complexity index is 452. The first-order valence-electron chi connectivity index (χ1n) is 7.27. The van der Waals surface area contributed by atoms with Gasteiger partial charge in [0.2, 0.25) is 5.89 Å². The van der Waals surface area contributed by atoms with E-state index in [4.69, 9.17) is 4.52 Å². The maximum Gasteiger partial charge on any atom is 0.243 e. The largest absolute Gasteiger partial charge is 0.392 e. The molecule has 2 fully saturated rings. The second kappa shape index (κ2) is 5.77. The van der Waals surface area contributed by atoms with Gasteiger partial charge in [0.25, 0.3) is 0 Å². The highest BCUT2D eigenvalue weighted by molar-refractivity contribution is 5.02. The summed E-state index contributed by atoms with van der Waals surface area (Å²) in [5, 5.41) is 16.9. The summed E-state index contributed by atoms with van der Waals surface area (Å²) < 4.78 is 5.39. The number of hydrogen-bond acceptors (Lipinski definition) is 7. The van der Waals surface area contributed by atoms with Gasteiger partial charge in [-0.05, 0) is 40.0 Å². The number of nitrogens with one attached hydrogen (secondary N) is 1. The highest BCUT2D eigenvalue weighted by atomic mass is 16.5. The molecule has 1 aromatic rings. The third-order valence-corrected chi connectivity index (χ3v) is 4.23. The van der Waals surface area contributed by atoms with Crippen LogP contribution in [0.4, 0.5) is 0 Å². The Morgan fingerprint density at radius 1 is 1.35 bits per heavy atom. The lowest BCUT2D eigenvalue weighted by molar-refractivity contribution is 0.190. The molecule has 20 heavy (non-hydrogen) atoms. The fourth-order valence-corrected chi connectivity index (χ4v) is 2.98. The number of β-amino-alcohol motifs (C(OH)–C–C–N with tert-alkyl or cyclic N) is 1. The van der Waals surface area contributed by atoms with Crippen LogP contribution < -0.4 is 5.32 Å². The molecular formula is C13H23N5O2. The van der Waals surface area contributed by atoms with Gasteiger partial charge in [0, 0.05) is 13.1 Å². The third kappa shape index (κ3) is 2.85. The quantitative estimate of drug-likeness (QED) is 0.775. The lowest BCUT2D eigenvalue weighted by Crippen LogP contribution is -2.31. The molecule has 0 aromatic carbocycles. The molecule has 7 heteroatoms. The molecule has 0 aliphatic carbocycles. The van der Waals surface area contributed by atoms with E-state index >= 15 is 0 Å². The van der Waals surface area contributed by atoms with Crippen molar-refractivity contribution in [1.29, 1.82) is 0 Å². The molecular weight excluding hydrogens is 258 g/mol. The average Bonchev–Trinajstić information content (AvgIpc) is 3.01. The van der Waals surface area contributed by atoms with Crippen molar-refractivity contribution in [1.82, 2.24) is 25.3 Å². The summed E-state index contributed by atoms with van der Waals surface area (Å²) >= 11 is 0. The van der Waals surface area contributed by atoms with Gasteiger partial charge in [-0.2, -0.15) is 4.98 Å². The molecule has 1 aromatic heterocycles. The Hall–Kier alpha value is -1.02. The zero-order valence-corrected chi connectivity index (χ0v) is 12.1. The van der Waals surface area contributed by atoms with Crippen molar-refractivity contribution >= 4 is 0 Å². The summed E-state index contributed by atoms with van der Waals surface area (Å²) in [4.78, 5) is 9.15. The average molecular weight is 281 g/mol. The number of nitrogens with zero attached hydrogens (tertiary/aromatic N) is 4. The van der Waals surface area contributed by atoms with E-state index < -0.39 is 0 Å². The van der Waals surface area contributed by atoms with Gasteiger partial charge in [-0.3, -0.25) is 4.90 Å². The van der Waals surface area contributed by atoms with Crippen LogP contribution >= 0.6 is 0 Å². The van der Waals surface area contributed by atoms with Crippen molar-refractivity contribution in [2.45, 2.75) is 31.0 Å². The van der Waals surface area contributed by atoms with Crippen LogP contribution in [0.3, 0.4) is 0 Å². The third-order valence-electron chi connectivity index (χ3n) is 4.23. The van der Waals surface area contributed by atoms with Gasteiger partial charge in [0.15, 0.2) is 5.82 Å². The minimum absolute atomic E-state index is 0.0138. The number of aliphatic hydroxyl groups is 1. The van der Waals surface area contributed by atoms with Gasteiger partial charge in [0.05, 0.1) is 18.2 Å². The van der Waals surface area contributed by atoms with E-state index in [1.165, 1.54) is 0 Å². The van der Waals surface area contributed by atoms with Gasteiger partial charge in [0.1, 0.15) is 0 Å². The Morgan fingerprint density at radius 3 is 2.95 bits per heavy atom. The molecule has 2 N–H and O–H groups in total. The summed E-state index contributed by atoms with van der Waals surface area (Å²) in [5.41, 5.74) is 0. The summed E-state index contributed by atoms with van der Waals surface area (Å²) in [6.45, 7) is 3.64.